The Kier molecular flexibility index (Phi) is 3.78. The zero-order valence-electron chi connectivity index (χ0n) is 12.7. The number of hydrogen-bond acceptors (Lipinski definition) is 3. The van der Waals surface area contributed by atoms with Crippen molar-refractivity contribution in [3.05, 3.63) is 22.0 Å². The van der Waals surface area contributed by atoms with E-state index >= 15 is 0 Å². The van der Waals surface area contributed by atoms with Crippen LogP contribution >= 0.6 is 11.6 Å². The van der Waals surface area contributed by atoms with Gasteiger partial charge in [0, 0.05) is 12.1 Å². The van der Waals surface area contributed by atoms with Crippen molar-refractivity contribution in [2.75, 3.05) is 0 Å². The van der Waals surface area contributed by atoms with Crippen LogP contribution in [0.25, 0.3) is 11.2 Å². The second-order valence-electron chi connectivity index (χ2n) is 6.38. The standard InChI is InChI=1S/C15H21ClN4O/c1-9(2)19-12-8-17-14(16)18-13(12)20(15(19)21)11-6-4-10(3)5-7-11/h8-11H,4-7H2,1-3H3. The third-order valence-electron chi connectivity index (χ3n) is 4.49. The molecule has 1 aliphatic carbocycles. The van der Waals surface area contributed by atoms with E-state index in [9.17, 15) is 4.79 Å². The Balaban J connectivity index is 2.19. The monoisotopic (exact) mass is 308 g/mol. The van der Waals surface area contributed by atoms with Crippen LogP contribution in [-0.2, 0) is 0 Å². The van der Waals surface area contributed by atoms with Gasteiger partial charge in [-0.05, 0) is 57.0 Å². The van der Waals surface area contributed by atoms with E-state index in [-0.39, 0.29) is 23.1 Å². The summed E-state index contributed by atoms with van der Waals surface area (Å²) in [7, 11) is 0. The zero-order chi connectivity index (χ0) is 15.1. The summed E-state index contributed by atoms with van der Waals surface area (Å²) in [6.45, 7) is 6.28. The lowest BCUT2D eigenvalue weighted by atomic mass is 9.87. The third-order valence-corrected chi connectivity index (χ3v) is 4.67. The number of fused-ring (bicyclic) bond motifs is 1. The van der Waals surface area contributed by atoms with Crippen molar-refractivity contribution in [2.24, 2.45) is 5.92 Å². The molecular formula is C15H21ClN4O. The van der Waals surface area contributed by atoms with Gasteiger partial charge in [-0.2, -0.15) is 4.98 Å². The highest BCUT2D eigenvalue weighted by atomic mass is 35.5. The van der Waals surface area contributed by atoms with E-state index in [0.29, 0.717) is 5.65 Å². The summed E-state index contributed by atoms with van der Waals surface area (Å²) in [5, 5.41) is 0.196. The molecule has 3 rings (SSSR count). The largest absolute Gasteiger partial charge is 0.330 e. The zero-order valence-corrected chi connectivity index (χ0v) is 13.5. The fraction of sp³-hybridized carbons (Fsp3) is 0.667. The molecule has 1 fully saturated rings. The van der Waals surface area contributed by atoms with Crippen molar-refractivity contribution in [3.8, 4) is 0 Å². The van der Waals surface area contributed by atoms with E-state index in [0.717, 1.165) is 37.1 Å². The SMILES string of the molecule is CC1CCC(n2c(=O)n(C(C)C)c3cnc(Cl)nc32)CC1. The summed E-state index contributed by atoms with van der Waals surface area (Å²) in [5.41, 5.74) is 1.46. The van der Waals surface area contributed by atoms with Crippen LogP contribution in [0, 0.1) is 5.92 Å². The average molecular weight is 309 g/mol. The molecule has 0 radical (unpaired) electrons. The first-order valence-electron chi connectivity index (χ1n) is 7.64. The van der Waals surface area contributed by atoms with E-state index in [1.165, 1.54) is 0 Å². The first-order valence-corrected chi connectivity index (χ1v) is 8.01. The summed E-state index contributed by atoms with van der Waals surface area (Å²) < 4.78 is 3.61. The van der Waals surface area contributed by atoms with E-state index in [1.54, 1.807) is 10.8 Å². The van der Waals surface area contributed by atoms with Crippen molar-refractivity contribution in [1.29, 1.82) is 0 Å². The topological polar surface area (TPSA) is 52.7 Å². The molecule has 0 spiro atoms. The van der Waals surface area contributed by atoms with Crippen LogP contribution < -0.4 is 5.69 Å². The predicted octanol–water partition coefficient (Wildman–Crippen LogP) is 3.58. The molecule has 0 aromatic carbocycles. The maximum atomic E-state index is 12.8. The minimum atomic E-state index is 0.0103. The van der Waals surface area contributed by atoms with Crippen LogP contribution in [0.4, 0.5) is 0 Å². The van der Waals surface area contributed by atoms with Crippen LogP contribution in [0.5, 0.6) is 0 Å². The molecule has 21 heavy (non-hydrogen) atoms. The Labute approximate surface area is 129 Å². The Morgan fingerprint density at radius 3 is 2.57 bits per heavy atom. The van der Waals surface area contributed by atoms with Gasteiger partial charge in [0.05, 0.1) is 6.20 Å². The van der Waals surface area contributed by atoms with Gasteiger partial charge in [-0.15, -0.1) is 0 Å². The first kappa shape index (κ1) is 14.6. The number of nitrogens with zero attached hydrogens (tertiary/aromatic N) is 4. The lowest BCUT2D eigenvalue weighted by Gasteiger charge is -2.26. The van der Waals surface area contributed by atoms with Gasteiger partial charge in [-0.25, -0.2) is 9.78 Å². The van der Waals surface area contributed by atoms with Crippen LogP contribution in [-0.4, -0.2) is 19.1 Å². The molecule has 0 atom stereocenters. The molecule has 1 saturated carbocycles. The number of hydrogen-bond donors (Lipinski definition) is 0. The van der Waals surface area contributed by atoms with Gasteiger partial charge in [0.2, 0.25) is 5.28 Å². The van der Waals surface area contributed by atoms with Gasteiger partial charge in [0.1, 0.15) is 5.52 Å². The van der Waals surface area contributed by atoms with Gasteiger partial charge in [-0.3, -0.25) is 9.13 Å². The van der Waals surface area contributed by atoms with Gasteiger partial charge < -0.3 is 0 Å². The van der Waals surface area contributed by atoms with Crippen LogP contribution in [0.2, 0.25) is 5.28 Å². The Morgan fingerprint density at radius 1 is 1.29 bits per heavy atom. The van der Waals surface area contributed by atoms with Crippen molar-refractivity contribution in [2.45, 2.75) is 58.5 Å². The molecule has 1 aliphatic rings. The van der Waals surface area contributed by atoms with Crippen LogP contribution in [0.1, 0.15) is 58.5 Å². The summed E-state index contributed by atoms with van der Waals surface area (Å²) in [5.74, 6) is 0.744. The highest BCUT2D eigenvalue weighted by Crippen LogP contribution is 2.33. The van der Waals surface area contributed by atoms with E-state index in [1.807, 2.05) is 18.4 Å². The lowest BCUT2D eigenvalue weighted by Crippen LogP contribution is -2.30. The molecule has 0 amide bonds. The second-order valence-corrected chi connectivity index (χ2v) is 6.72. The van der Waals surface area contributed by atoms with Crippen LogP contribution in [0.15, 0.2) is 11.0 Å². The first-order chi connectivity index (χ1) is 9.99. The molecule has 2 aromatic rings. The molecule has 0 N–H and O–H groups in total. The molecule has 0 bridgehead atoms. The summed E-state index contributed by atoms with van der Waals surface area (Å²) >= 11 is 5.95. The van der Waals surface area contributed by atoms with Crippen molar-refractivity contribution in [1.82, 2.24) is 19.1 Å². The number of imidazole rings is 1. The summed E-state index contributed by atoms with van der Waals surface area (Å²) in [4.78, 5) is 21.2. The van der Waals surface area contributed by atoms with Crippen molar-refractivity contribution < 1.29 is 0 Å². The summed E-state index contributed by atoms with van der Waals surface area (Å²) in [6, 6.07) is 0.302. The molecule has 0 aliphatic heterocycles. The Bertz CT molecular complexity index is 710. The highest BCUT2D eigenvalue weighted by Gasteiger charge is 2.26. The van der Waals surface area contributed by atoms with Crippen molar-refractivity contribution >= 4 is 22.8 Å². The van der Waals surface area contributed by atoms with E-state index < -0.39 is 0 Å². The van der Waals surface area contributed by atoms with Gasteiger partial charge in [0.15, 0.2) is 5.65 Å². The minimum absolute atomic E-state index is 0.0103. The molecule has 2 aromatic heterocycles. The summed E-state index contributed by atoms with van der Waals surface area (Å²) in [6.07, 6.45) is 6.03. The normalized spacial score (nSPS) is 23.1. The lowest BCUT2D eigenvalue weighted by molar-refractivity contribution is 0.286. The third kappa shape index (κ3) is 2.48. The van der Waals surface area contributed by atoms with Gasteiger partial charge in [-0.1, -0.05) is 6.92 Å². The quantitative estimate of drug-likeness (QED) is 0.797. The molecule has 114 valence electrons. The fourth-order valence-corrected chi connectivity index (χ4v) is 3.46. The fourth-order valence-electron chi connectivity index (χ4n) is 3.33. The van der Waals surface area contributed by atoms with E-state index in [4.69, 9.17) is 11.6 Å². The maximum absolute atomic E-state index is 12.8. The second kappa shape index (κ2) is 5.44. The molecule has 6 heteroatoms. The number of aromatic nitrogens is 4. The molecular weight excluding hydrogens is 288 g/mol. The van der Waals surface area contributed by atoms with E-state index in [2.05, 4.69) is 16.9 Å². The highest BCUT2D eigenvalue weighted by molar-refractivity contribution is 6.28. The Morgan fingerprint density at radius 2 is 1.95 bits per heavy atom. The van der Waals surface area contributed by atoms with Gasteiger partial charge >= 0.3 is 5.69 Å². The molecule has 5 nitrogen and oxygen atoms in total. The van der Waals surface area contributed by atoms with Crippen molar-refractivity contribution in [3.63, 3.8) is 0 Å². The minimum Gasteiger partial charge on any atom is -0.286 e. The van der Waals surface area contributed by atoms with Gasteiger partial charge in [0.25, 0.3) is 0 Å². The Hall–Kier alpha value is -1.36. The molecule has 0 saturated heterocycles. The number of rotatable bonds is 2. The predicted molar refractivity (Wildman–Crippen MR) is 83.9 cm³/mol. The van der Waals surface area contributed by atoms with Crippen LogP contribution in [0.3, 0.4) is 0 Å². The number of halogens is 1. The average Bonchev–Trinajstić information content (AvgIpc) is 2.71. The molecule has 0 unspecified atom stereocenters. The smallest absolute Gasteiger partial charge is 0.286 e. The maximum Gasteiger partial charge on any atom is 0.330 e. The molecule has 2 heterocycles.